The third-order valence-electron chi connectivity index (χ3n) is 1.89. The zero-order valence-electron chi connectivity index (χ0n) is 6.70. The molecule has 1 nitrogen and oxygen atoms in total. The zero-order chi connectivity index (χ0) is 8.55. The van der Waals surface area contributed by atoms with E-state index in [4.69, 9.17) is 0 Å². The normalized spacial score (nSPS) is 10.4. The molecular weight excluding hydrogens is 168 g/mol. The maximum atomic E-state index is 11.5. The van der Waals surface area contributed by atoms with Crippen LogP contribution < -0.4 is 5.11 Å². The van der Waals surface area contributed by atoms with Gasteiger partial charge in [-0.2, -0.15) is 0 Å². The quantitative estimate of drug-likeness (QED) is 0.566. The minimum Gasteiger partial charge on any atom is -0.868 e. The highest BCUT2D eigenvalue weighted by Gasteiger charge is 2.04. The van der Waals surface area contributed by atoms with Gasteiger partial charge in [0.1, 0.15) is 0 Å². The van der Waals surface area contributed by atoms with Crippen molar-refractivity contribution in [2.45, 2.75) is 6.92 Å². The van der Waals surface area contributed by atoms with E-state index < -0.39 is 0 Å². The van der Waals surface area contributed by atoms with Crippen LogP contribution in [0.2, 0.25) is 0 Å². The molecule has 0 aliphatic rings. The monoisotopic (exact) mass is 176 g/mol. The molecule has 2 heteroatoms. The molecule has 0 saturated carbocycles. The van der Waals surface area contributed by atoms with E-state index in [1.165, 1.54) is 11.3 Å². The molecule has 0 aliphatic heterocycles. The van der Waals surface area contributed by atoms with Gasteiger partial charge in [0.15, 0.2) is 4.88 Å². The number of hydrogen-bond donors (Lipinski definition) is 0. The largest absolute Gasteiger partial charge is 0.868 e. The molecule has 0 bridgehead atoms. The summed E-state index contributed by atoms with van der Waals surface area (Å²) in [5.74, 6) is 0.165. The lowest BCUT2D eigenvalue weighted by atomic mass is 10.2. The maximum absolute atomic E-state index is 11.5. The van der Waals surface area contributed by atoms with Crippen LogP contribution in [0.5, 0.6) is 5.75 Å². The third-order valence-corrected chi connectivity index (χ3v) is 2.80. The highest BCUT2D eigenvalue weighted by Crippen LogP contribution is 2.28. The minimum absolute atomic E-state index is 0.165. The topological polar surface area (TPSA) is 23.1 Å². The van der Waals surface area contributed by atoms with Crippen LogP contribution in [0.15, 0.2) is 29.6 Å². The van der Waals surface area contributed by atoms with Crippen molar-refractivity contribution in [3.8, 4) is 5.75 Å². The van der Waals surface area contributed by atoms with Crippen molar-refractivity contribution in [2.75, 3.05) is 0 Å². The summed E-state index contributed by atoms with van der Waals surface area (Å²) >= 11 is 1.51. The lowest BCUT2D eigenvalue weighted by Crippen LogP contribution is -1.92. The molecule has 0 N–H and O–H groups in total. The van der Waals surface area contributed by atoms with E-state index in [1.807, 2.05) is 36.6 Å². The maximum Gasteiger partial charge on any atom is 0.214 e. The number of fused-ring (bicyclic) bond motifs is 1. The average molecular weight is 176 g/mol. The molecule has 0 amide bonds. The van der Waals surface area contributed by atoms with Crippen molar-refractivity contribution in [2.24, 2.45) is 0 Å². The van der Waals surface area contributed by atoms with Gasteiger partial charge in [-0.25, -0.2) is 0 Å². The first-order valence-electron chi connectivity index (χ1n) is 3.76. The second-order valence-electron chi connectivity index (χ2n) is 2.71. The Balaban J connectivity index is 2.91. The van der Waals surface area contributed by atoms with E-state index in [1.54, 1.807) is 0 Å². The molecule has 0 fully saturated rings. The van der Waals surface area contributed by atoms with Gasteiger partial charge in [0.2, 0.25) is 16.7 Å². The molecule has 0 saturated heterocycles. The van der Waals surface area contributed by atoms with Crippen LogP contribution in [0.3, 0.4) is 0 Å². The van der Waals surface area contributed by atoms with Gasteiger partial charge >= 0.3 is 0 Å². The molecule has 12 heavy (non-hydrogen) atoms. The van der Waals surface area contributed by atoms with Gasteiger partial charge in [-0.05, 0) is 17.2 Å². The SMILES string of the molecule is Cc1[s+]cc2ccccc2c1[O-]. The molecular formula is C10H8OS. The number of rotatable bonds is 0. The fraction of sp³-hybridized carbons (Fsp3) is 0.100. The van der Waals surface area contributed by atoms with Crippen LogP contribution in [-0.4, -0.2) is 0 Å². The second kappa shape index (κ2) is 2.72. The fourth-order valence-corrected chi connectivity index (χ4v) is 1.93. The van der Waals surface area contributed by atoms with Crippen molar-refractivity contribution >= 4 is 22.1 Å². The molecule has 1 heterocycles. The number of benzene rings is 1. The first-order chi connectivity index (χ1) is 5.79. The highest BCUT2D eigenvalue weighted by molar-refractivity contribution is 7.10. The molecule has 0 unspecified atom stereocenters. The van der Waals surface area contributed by atoms with E-state index in [0.29, 0.717) is 0 Å². The van der Waals surface area contributed by atoms with Gasteiger partial charge in [0, 0.05) is 12.3 Å². The third kappa shape index (κ3) is 1.04. The number of hydrogen-bond acceptors (Lipinski definition) is 1. The van der Waals surface area contributed by atoms with Gasteiger partial charge in [0.25, 0.3) is 0 Å². The Kier molecular flexibility index (Phi) is 1.70. The first-order valence-corrected chi connectivity index (χ1v) is 4.64. The van der Waals surface area contributed by atoms with Crippen molar-refractivity contribution in [3.05, 3.63) is 34.5 Å². The standard InChI is InChI=1S/C10H8OS/c1-7-10(11)9-5-3-2-4-8(9)6-12-7/h2-6H,1H3. The van der Waals surface area contributed by atoms with E-state index in [2.05, 4.69) is 0 Å². The Hall–Kier alpha value is -1.15. The van der Waals surface area contributed by atoms with Gasteiger partial charge in [-0.1, -0.05) is 18.2 Å². The first kappa shape index (κ1) is 7.50. The molecule has 1 aromatic heterocycles. The molecule has 2 rings (SSSR count). The molecule has 1 aromatic carbocycles. The summed E-state index contributed by atoms with van der Waals surface area (Å²) in [6.07, 6.45) is 0. The van der Waals surface area contributed by atoms with E-state index in [9.17, 15) is 5.11 Å². The summed E-state index contributed by atoms with van der Waals surface area (Å²) in [4.78, 5) is 0.855. The van der Waals surface area contributed by atoms with E-state index >= 15 is 0 Å². The zero-order valence-corrected chi connectivity index (χ0v) is 7.52. The van der Waals surface area contributed by atoms with Crippen molar-refractivity contribution in [1.82, 2.24) is 0 Å². The van der Waals surface area contributed by atoms with Crippen LogP contribution in [0.1, 0.15) is 4.88 Å². The van der Waals surface area contributed by atoms with Crippen LogP contribution in [0.4, 0.5) is 0 Å². The van der Waals surface area contributed by atoms with Crippen LogP contribution >= 0.6 is 11.3 Å². The minimum atomic E-state index is 0.165. The summed E-state index contributed by atoms with van der Waals surface area (Å²) < 4.78 is 0. The lowest BCUT2D eigenvalue weighted by Gasteiger charge is -2.05. The Bertz CT molecular complexity index is 423. The van der Waals surface area contributed by atoms with E-state index in [-0.39, 0.29) is 5.75 Å². The lowest BCUT2D eigenvalue weighted by molar-refractivity contribution is -0.266. The van der Waals surface area contributed by atoms with E-state index in [0.717, 1.165) is 15.6 Å². The van der Waals surface area contributed by atoms with Gasteiger partial charge < -0.3 is 5.11 Å². The Labute approximate surface area is 74.9 Å². The van der Waals surface area contributed by atoms with Crippen molar-refractivity contribution < 1.29 is 5.11 Å². The number of aryl methyl sites for hydroxylation is 1. The van der Waals surface area contributed by atoms with Crippen molar-refractivity contribution in [3.63, 3.8) is 0 Å². The summed E-state index contributed by atoms with van der Waals surface area (Å²) in [6.45, 7) is 1.86. The van der Waals surface area contributed by atoms with Crippen LogP contribution in [0.25, 0.3) is 10.8 Å². The summed E-state index contributed by atoms with van der Waals surface area (Å²) in [5, 5.41) is 15.4. The summed E-state index contributed by atoms with van der Waals surface area (Å²) in [7, 11) is 0. The van der Waals surface area contributed by atoms with Gasteiger partial charge in [0.05, 0.1) is 0 Å². The van der Waals surface area contributed by atoms with Gasteiger partial charge in [-0.3, -0.25) is 0 Å². The second-order valence-corrected chi connectivity index (χ2v) is 3.79. The average Bonchev–Trinajstić information content (AvgIpc) is 2.12. The Morgan fingerprint density at radius 2 is 2.00 bits per heavy atom. The molecule has 2 aromatic rings. The molecule has 0 atom stereocenters. The predicted molar refractivity (Wildman–Crippen MR) is 50.4 cm³/mol. The fourth-order valence-electron chi connectivity index (χ4n) is 1.20. The summed E-state index contributed by atoms with van der Waals surface area (Å²) in [6, 6.07) is 7.68. The Morgan fingerprint density at radius 1 is 1.25 bits per heavy atom. The molecule has 0 aliphatic carbocycles. The summed E-state index contributed by atoms with van der Waals surface area (Å²) in [5.41, 5.74) is 0. The van der Waals surface area contributed by atoms with Crippen molar-refractivity contribution in [1.29, 1.82) is 0 Å². The van der Waals surface area contributed by atoms with Crippen LogP contribution in [-0.2, 0) is 0 Å². The molecule has 0 radical (unpaired) electrons. The Morgan fingerprint density at radius 3 is 2.83 bits per heavy atom. The smallest absolute Gasteiger partial charge is 0.214 e. The molecule has 0 spiro atoms. The molecule has 60 valence electrons. The van der Waals surface area contributed by atoms with Crippen LogP contribution in [0, 0.1) is 6.92 Å². The van der Waals surface area contributed by atoms with Gasteiger partial charge in [-0.15, -0.1) is 0 Å². The predicted octanol–water partition coefficient (Wildman–Crippen LogP) is 2.56. The highest BCUT2D eigenvalue weighted by atomic mass is 32.1.